The molecule has 2 rings (SSSR count). The van der Waals surface area contributed by atoms with E-state index in [4.69, 9.17) is 23.2 Å². The first-order chi connectivity index (χ1) is 15.7. The highest BCUT2D eigenvalue weighted by Gasteiger charge is 2.31. The van der Waals surface area contributed by atoms with Crippen LogP contribution in [0.5, 0.6) is 0 Å². The van der Waals surface area contributed by atoms with Crippen LogP contribution in [0.1, 0.15) is 37.5 Å². The molecule has 0 aliphatic rings. The lowest BCUT2D eigenvalue weighted by molar-refractivity contribution is -0.139. The molecule has 1 atom stereocenters. The quantitative estimate of drug-likeness (QED) is 0.526. The van der Waals surface area contributed by atoms with Gasteiger partial charge in [-0.1, -0.05) is 35.3 Å². The third-order valence-corrected chi connectivity index (χ3v) is 7.29. The maximum atomic E-state index is 13.5. The number of halogens is 2. The fourth-order valence-electron chi connectivity index (χ4n) is 3.34. The van der Waals surface area contributed by atoms with Crippen molar-refractivity contribution in [2.24, 2.45) is 0 Å². The van der Waals surface area contributed by atoms with Crippen molar-refractivity contribution in [1.29, 1.82) is 0 Å². The summed E-state index contributed by atoms with van der Waals surface area (Å²) >= 11 is 12.6. The number of anilines is 1. The molecule has 2 amide bonds. The van der Waals surface area contributed by atoms with Crippen molar-refractivity contribution < 1.29 is 18.0 Å². The largest absolute Gasteiger partial charge is 0.352 e. The Kier molecular flexibility index (Phi) is 9.39. The molecule has 0 aliphatic carbocycles. The lowest BCUT2D eigenvalue weighted by Crippen LogP contribution is -2.52. The molecule has 1 N–H and O–H groups in total. The zero-order valence-electron chi connectivity index (χ0n) is 20.2. The number of nitrogens with one attached hydrogen (secondary N) is 1. The van der Waals surface area contributed by atoms with Crippen molar-refractivity contribution in [3.63, 3.8) is 0 Å². The Morgan fingerprint density at radius 1 is 1.00 bits per heavy atom. The molecule has 0 spiro atoms. The van der Waals surface area contributed by atoms with E-state index in [0.29, 0.717) is 21.3 Å². The van der Waals surface area contributed by atoms with Crippen molar-refractivity contribution in [3.8, 4) is 0 Å². The number of sulfonamides is 1. The molecule has 0 fully saturated rings. The number of benzene rings is 2. The van der Waals surface area contributed by atoms with Crippen molar-refractivity contribution in [2.45, 2.75) is 53.2 Å². The van der Waals surface area contributed by atoms with Crippen LogP contribution in [0, 0.1) is 13.8 Å². The van der Waals surface area contributed by atoms with E-state index in [1.54, 1.807) is 43.3 Å². The summed E-state index contributed by atoms with van der Waals surface area (Å²) in [6.07, 6.45) is 1.04. The molecule has 0 saturated carbocycles. The molecule has 10 heteroatoms. The Balaban J connectivity index is 2.47. The van der Waals surface area contributed by atoms with Crippen molar-refractivity contribution >= 4 is 50.7 Å². The van der Waals surface area contributed by atoms with Gasteiger partial charge in [-0.05, 0) is 70.0 Å². The van der Waals surface area contributed by atoms with Crippen LogP contribution in [0.15, 0.2) is 36.4 Å². The average Bonchev–Trinajstić information content (AvgIpc) is 2.72. The molecular formula is C24H31Cl2N3O4S. The second-order valence-electron chi connectivity index (χ2n) is 8.60. The molecule has 0 radical (unpaired) electrons. The van der Waals surface area contributed by atoms with Gasteiger partial charge in [0.05, 0.1) is 11.9 Å². The molecule has 0 aliphatic heterocycles. The molecule has 0 aromatic heterocycles. The Bertz CT molecular complexity index is 1150. The zero-order valence-corrected chi connectivity index (χ0v) is 22.6. The number of hydrogen-bond donors (Lipinski definition) is 1. The first-order valence-corrected chi connectivity index (χ1v) is 13.4. The summed E-state index contributed by atoms with van der Waals surface area (Å²) in [5.41, 5.74) is 2.73. The monoisotopic (exact) mass is 527 g/mol. The lowest BCUT2D eigenvalue weighted by atomic mass is 10.1. The van der Waals surface area contributed by atoms with Crippen LogP contribution >= 0.6 is 23.2 Å². The molecule has 2 aromatic rings. The van der Waals surface area contributed by atoms with Gasteiger partial charge in [0.1, 0.15) is 12.6 Å². The van der Waals surface area contributed by atoms with E-state index in [-0.39, 0.29) is 18.5 Å². The van der Waals surface area contributed by atoms with Gasteiger partial charge in [0, 0.05) is 28.2 Å². The van der Waals surface area contributed by atoms with Crippen LogP contribution in [-0.2, 0) is 26.2 Å². The fourth-order valence-corrected chi connectivity index (χ4v) is 4.69. The first-order valence-electron chi connectivity index (χ1n) is 10.8. The maximum Gasteiger partial charge on any atom is 0.244 e. The summed E-state index contributed by atoms with van der Waals surface area (Å²) in [6, 6.07) is 9.09. The van der Waals surface area contributed by atoms with Gasteiger partial charge >= 0.3 is 0 Å². The van der Waals surface area contributed by atoms with E-state index in [1.165, 1.54) is 4.90 Å². The number of hydrogen-bond acceptors (Lipinski definition) is 4. The molecule has 2 aromatic carbocycles. The van der Waals surface area contributed by atoms with Crippen LogP contribution in [0.4, 0.5) is 5.69 Å². The predicted molar refractivity (Wildman–Crippen MR) is 138 cm³/mol. The normalized spacial score (nSPS) is 12.4. The topological polar surface area (TPSA) is 86.8 Å². The third-order valence-electron chi connectivity index (χ3n) is 5.45. The summed E-state index contributed by atoms with van der Waals surface area (Å²) in [7, 11) is -3.80. The second kappa shape index (κ2) is 11.4. The third kappa shape index (κ3) is 7.10. The van der Waals surface area contributed by atoms with Crippen LogP contribution in [0.2, 0.25) is 10.0 Å². The highest BCUT2D eigenvalue weighted by molar-refractivity contribution is 7.92. The minimum absolute atomic E-state index is 0.0610. The van der Waals surface area contributed by atoms with Crippen LogP contribution in [0.3, 0.4) is 0 Å². The Morgan fingerprint density at radius 2 is 1.59 bits per heavy atom. The molecule has 0 bridgehead atoms. The van der Waals surface area contributed by atoms with Gasteiger partial charge in [0.15, 0.2) is 0 Å². The predicted octanol–water partition coefficient (Wildman–Crippen LogP) is 4.32. The lowest BCUT2D eigenvalue weighted by Gasteiger charge is -2.32. The molecular weight excluding hydrogens is 497 g/mol. The van der Waals surface area contributed by atoms with E-state index >= 15 is 0 Å². The summed E-state index contributed by atoms with van der Waals surface area (Å²) < 4.78 is 26.3. The van der Waals surface area contributed by atoms with Gasteiger partial charge in [0.2, 0.25) is 21.8 Å². The first kappa shape index (κ1) is 28.0. The van der Waals surface area contributed by atoms with Gasteiger partial charge in [-0.2, -0.15) is 0 Å². The number of amides is 2. The molecule has 7 nitrogen and oxygen atoms in total. The zero-order chi connectivity index (χ0) is 25.8. The molecule has 0 heterocycles. The van der Waals surface area contributed by atoms with Crippen LogP contribution < -0.4 is 9.62 Å². The Hall–Kier alpha value is -2.29. The van der Waals surface area contributed by atoms with Crippen molar-refractivity contribution in [1.82, 2.24) is 10.2 Å². The van der Waals surface area contributed by atoms with Gasteiger partial charge < -0.3 is 10.2 Å². The smallest absolute Gasteiger partial charge is 0.244 e. The van der Waals surface area contributed by atoms with Crippen LogP contribution in [0.25, 0.3) is 0 Å². The number of aryl methyl sites for hydroxylation is 2. The number of rotatable bonds is 9. The highest BCUT2D eigenvalue weighted by atomic mass is 35.5. The average molecular weight is 529 g/mol. The Morgan fingerprint density at radius 3 is 2.09 bits per heavy atom. The van der Waals surface area contributed by atoms with Gasteiger partial charge in [-0.15, -0.1) is 0 Å². The molecule has 34 heavy (non-hydrogen) atoms. The summed E-state index contributed by atoms with van der Waals surface area (Å²) in [4.78, 5) is 27.6. The standard InChI is InChI=1S/C24H31Cl2N3O4S/c1-15(2)27-24(31)18(5)28(13-20-21(25)8-7-9-22(20)26)23(30)14-29(34(6,32)33)19-11-10-16(3)17(4)12-19/h7-12,15,18H,13-14H2,1-6H3,(H,27,31). The van der Waals surface area contributed by atoms with Crippen LogP contribution in [-0.4, -0.2) is 50.0 Å². The molecule has 1 unspecified atom stereocenters. The second-order valence-corrected chi connectivity index (χ2v) is 11.3. The SMILES string of the molecule is Cc1ccc(N(CC(=O)N(Cc2c(Cl)cccc2Cl)C(C)C(=O)NC(C)C)S(C)(=O)=O)cc1C. The molecule has 186 valence electrons. The fraction of sp³-hybridized carbons (Fsp3) is 0.417. The van der Waals surface area contributed by atoms with Gasteiger partial charge in [-0.25, -0.2) is 8.42 Å². The Labute approximate surface area is 212 Å². The summed E-state index contributed by atoms with van der Waals surface area (Å²) in [5.74, 6) is -0.936. The van der Waals surface area contributed by atoms with E-state index in [9.17, 15) is 18.0 Å². The minimum atomic E-state index is -3.80. The van der Waals surface area contributed by atoms with E-state index in [1.807, 2.05) is 27.7 Å². The van der Waals surface area contributed by atoms with Crippen molar-refractivity contribution in [2.75, 3.05) is 17.1 Å². The molecule has 0 saturated heterocycles. The number of carbonyl (C=O) groups is 2. The highest BCUT2D eigenvalue weighted by Crippen LogP contribution is 2.27. The minimum Gasteiger partial charge on any atom is -0.352 e. The summed E-state index contributed by atoms with van der Waals surface area (Å²) in [5, 5.41) is 3.48. The van der Waals surface area contributed by atoms with Crippen molar-refractivity contribution in [3.05, 3.63) is 63.1 Å². The van der Waals surface area contributed by atoms with Gasteiger partial charge in [0.25, 0.3) is 0 Å². The van der Waals surface area contributed by atoms with E-state index < -0.39 is 28.5 Å². The summed E-state index contributed by atoms with van der Waals surface area (Å²) in [6.45, 7) is 8.45. The maximum absolute atomic E-state index is 13.5. The van der Waals surface area contributed by atoms with E-state index in [2.05, 4.69) is 5.32 Å². The number of carbonyl (C=O) groups excluding carboxylic acids is 2. The number of nitrogens with zero attached hydrogens (tertiary/aromatic N) is 2. The van der Waals surface area contributed by atoms with E-state index in [0.717, 1.165) is 21.7 Å². The van der Waals surface area contributed by atoms with Gasteiger partial charge in [-0.3, -0.25) is 13.9 Å².